The fraction of sp³-hybridized carbons (Fsp3) is 0.417. The second kappa shape index (κ2) is 4.97. The number of carbonyl (C=O) groups excluding carboxylic acids is 1. The minimum Gasteiger partial charge on any atom is -0.315 e. The highest BCUT2D eigenvalue weighted by atomic mass is 79.9. The SMILES string of the molecule is CN1C(=O)CCc2cc(CNCBr)ccc21. The van der Waals surface area contributed by atoms with E-state index in [1.165, 1.54) is 11.1 Å². The Morgan fingerprint density at radius 3 is 3.00 bits per heavy atom. The van der Waals surface area contributed by atoms with Gasteiger partial charge < -0.3 is 10.2 Å². The zero-order chi connectivity index (χ0) is 11.5. The number of carbonyl (C=O) groups is 1. The molecule has 0 atom stereocenters. The molecule has 1 aliphatic rings. The molecule has 0 aliphatic carbocycles. The second-order valence-electron chi connectivity index (χ2n) is 3.98. The van der Waals surface area contributed by atoms with Crippen LogP contribution < -0.4 is 10.2 Å². The van der Waals surface area contributed by atoms with Gasteiger partial charge in [-0.25, -0.2) is 0 Å². The molecule has 4 heteroatoms. The molecule has 1 aromatic rings. The summed E-state index contributed by atoms with van der Waals surface area (Å²) in [6.45, 7) is 0.857. The Morgan fingerprint density at radius 2 is 2.25 bits per heavy atom. The summed E-state index contributed by atoms with van der Waals surface area (Å²) in [6.07, 6.45) is 1.49. The van der Waals surface area contributed by atoms with Gasteiger partial charge in [0.25, 0.3) is 0 Å². The van der Waals surface area contributed by atoms with E-state index >= 15 is 0 Å². The maximum absolute atomic E-state index is 11.5. The van der Waals surface area contributed by atoms with Gasteiger partial charge in [-0.1, -0.05) is 28.1 Å². The van der Waals surface area contributed by atoms with Crippen LogP contribution in [0.4, 0.5) is 5.69 Å². The van der Waals surface area contributed by atoms with Crippen LogP contribution in [0.1, 0.15) is 17.5 Å². The van der Waals surface area contributed by atoms with Gasteiger partial charge in [-0.2, -0.15) is 0 Å². The van der Waals surface area contributed by atoms with Crippen LogP contribution in [0.15, 0.2) is 18.2 Å². The van der Waals surface area contributed by atoms with Crippen LogP contribution in [-0.2, 0) is 17.8 Å². The lowest BCUT2D eigenvalue weighted by atomic mass is 9.99. The third-order valence-electron chi connectivity index (χ3n) is 2.91. The largest absolute Gasteiger partial charge is 0.315 e. The Balaban J connectivity index is 2.23. The first kappa shape index (κ1) is 11.6. The Hall–Kier alpha value is -0.870. The number of anilines is 1. The van der Waals surface area contributed by atoms with Crippen LogP contribution in [0.2, 0.25) is 0 Å². The monoisotopic (exact) mass is 282 g/mol. The lowest BCUT2D eigenvalue weighted by Crippen LogP contribution is -2.31. The normalized spacial score (nSPS) is 15.1. The van der Waals surface area contributed by atoms with Crippen molar-refractivity contribution in [1.82, 2.24) is 5.32 Å². The Kier molecular flexibility index (Phi) is 3.61. The predicted molar refractivity (Wildman–Crippen MR) is 68.8 cm³/mol. The summed E-state index contributed by atoms with van der Waals surface area (Å²) in [5, 5.41) is 3.23. The molecular weight excluding hydrogens is 268 g/mol. The Labute approximate surface area is 104 Å². The van der Waals surface area contributed by atoms with Crippen molar-refractivity contribution in [2.45, 2.75) is 19.4 Å². The van der Waals surface area contributed by atoms with Gasteiger partial charge in [0.1, 0.15) is 0 Å². The van der Waals surface area contributed by atoms with E-state index in [4.69, 9.17) is 0 Å². The quantitative estimate of drug-likeness (QED) is 0.680. The van der Waals surface area contributed by atoms with Gasteiger partial charge in [0.2, 0.25) is 5.91 Å². The van der Waals surface area contributed by atoms with E-state index in [9.17, 15) is 4.79 Å². The summed E-state index contributed by atoms with van der Waals surface area (Å²) in [4.78, 5) is 13.3. The second-order valence-corrected chi connectivity index (χ2v) is 4.54. The number of nitrogens with zero attached hydrogens (tertiary/aromatic N) is 1. The van der Waals surface area contributed by atoms with Crippen molar-refractivity contribution in [3.63, 3.8) is 0 Å². The molecule has 0 saturated heterocycles. The van der Waals surface area contributed by atoms with Crippen LogP contribution >= 0.6 is 15.9 Å². The van der Waals surface area contributed by atoms with Crippen LogP contribution in [0.25, 0.3) is 0 Å². The van der Waals surface area contributed by atoms with Gasteiger partial charge in [-0.15, -0.1) is 0 Å². The van der Waals surface area contributed by atoms with Crippen molar-refractivity contribution in [2.75, 3.05) is 17.4 Å². The molecule has 1 amide bonds. The molecule has 0 spiro atoms. The molecule has 1 N–H and O–H groups in total. The number of fused-ring (bicyclic) bond motifs is 1. The standard InChI is InChI=1S/C12H15BrN2O/c1-15-11-4-2-9(7-14-8-13)6-10(11)3-5-12(15)16/h2,4,6,14H,3,5,7-8H2,1H3. The number of hydrogen-bond acceptors (Lipinski definition) is 2. The van der Waals surface area contributed by atoms with Crippen molar-refractivity contribution in [1.29, 1.82) is 0 Å². The zero-order valence-electron chi connectivity index (χ0n) is 9.29. The van der Waals surface area contributed by atoms with E-state index < -0.39 is 0 Å². The first-order valence-corrected chi connectivity index (χ1v) is 6.49. The van der Waals surface area contributed by atoms with Crippen LogP contribution in [0, 0.1) is 0 Å². The molecule has 2 rings (SSSR count). The van der Waals surface area contributed by atoms with Gasteiger partial charge in [0.05, 0.1) is 5.45 Å². The number of alkyl halides is 1. The summed E-state index contributed by atoms with van der Waals surface area (Å²) in [7, 11) is 1.84. The summed E-state index contributed by atoms with van der Waals surface area (Å²) in [5.74, 6) is 0.207. The highest BCUT2D eigenvalue weighted by Gasteiger charge is 2.20. The van der Waals surface area contributed by atoms with E-state index in [1.807, 2.05) is 13.1 Å². The van der Waals surface area contributed by atoms with Crippen molar-refractivity contribution in [3.05, 3.63) is 29.3 Å². The van der Waals surface area contributed by atoms with E-state index in [2.05, 4.69) is 33.4 Å². The van der Waals surface area contributed by atoms with Gasteiger partial charge in [0, 0.05) is 25.7 Å². The van der Waals surface area contributed by atoms with Gasteiger partial charge >= 0.3 is 0 Å². The number of hydrogen-bond donors (Lipinski definition) is 1. The van der Waals surface area contributed by atoms with Gasteiger partial charge in [-0.05, 0) is 23.6 Å². The fourth-order valence-corrected chi connectivity index (χ4v) is 2.21. The number of rotatable bonds is 3. The molecule has 3 nitrogen and oxygen atoms in total. The number of aryl methyl sites for hydroxylation is 1. The molecule has 86 valence electrons. The minimum atomic E-state index is 0.207. The number of halogens is 1. The fourth-order valence-electron chi connectivity index (χ4n) is 2.01. The van der Waals surface area contributed by atoms with Gasteiger partial charge in [-0.3, -0.25) is 4.79 Å². The van der Waals surface area contributed by atoms with E-state index in [-0.39, 0.29) is 5.91 Å². The highest BCUT2D eigenvalue weighted by Crippen LogP contribution is 2.27. The third kappa shape index (κ3) is 2.28. The number of nitrogens with one attached hydrogen (secondary N) is 1. The number of benzene rings is 1. The summed E-state index contributed by atoms with van der Waals surface area (Å²) >= 11 is 3.34. The summed E-state index contributed by atoms with van der Waals surface area (Å²) < 4.78 is 0. The van der Waals surface area contributed by atoms with Gasteiger partial charge in [0.15, 0.2) is 0 Å². The van der Waals surface area contributed by atoms with Crippen molar-refractivity contribution < 1.29 is 4.79 Å². The van der Waals surface area contributed by atoms with E-state index in [1.54, 1.807) is 4.90 Å². The van der Waals surface area contributed by atoms with Crippen LogP contribution in [0.5, 0.6) is 0 Å². The molecule has 0 radical (unpaired) electrons. The number of amides is 1. The molecular formula is C12H15BrN2O. The van der Waals surface area contributed by atoms with Crippen molar-refractivity contribution >= 4 is 27.5 Å². The average Bonchev–Trinajstić information content (AvgIpc) is 2.31. The first-order valence-electron chi connectivity index (χ1n) is 5.37. The first-order chi connectivity index (χ1) is 7.72. The molecule has 0 bridgehead atoms. The topological polar surface area (TPSA) is 32.3 Å². The van der Waals surface area contributed by atoms with E-state index in [0.29, 0.717) is 6.42 Å². The van der Waals surface area contributed by atoms with Crippen molar-refractivity contribution in [3.8, 4) is 0 Å². The van der Waals surface area contributed by atoms with Crippen molar-refractivity contribution in [2.24, 2.45) is 0 Å². The van der Waals surface area contributed by atoms with Crippen LogP contribution in [0.3, 0.4) is 0 Å². The lowest BCUT2D eigenvalue weighted by molar-refractivity contribution is -0.118. The molecule has 16 heavy (non-hydrogen) atoms. The maximum atomic E-state index is 11.5. The zero-order valence-corrected chi connectivity index (χ0v) is 10.9. The maximum Gasteiger partial charge on any atom is 0.227 e. The molecule has 1 aliphatic heterocycles. The predicted octanol–water partition coefficient (Wildman–Crippen LogP) is 2.04. The van der Waals surface area contributed by atoms with E-state index in [0.717, 1.165) is 24.1 Å². The smallest absolute Gasteiger partial charge is 0.227 e. The third-order valence-corrected chi connectivity index (χ3v) is 3.31. The van der Waals surface area contributed by atoms with Crippen LogP contribution in [-0.4, -0.2) is 18.4 Å². The summed E-state index contributed by atoms with van der Waals surface area (Å²) in [6, 6.07) is 6.30. The molecule has 1 aromatic carbocycles. The molecule has 0 fully saturated rings. The lowest BCUT2D eigenvalue weighted by Gasteiger charge is -2.26. The minimum absolute atomic E-state index is 0.207. The summed E-state index contributed by atoms with van der Waals surface area (Å²) in [5.41, 5.74) is 4.39. The Bertz CT molecular complexity index is 406. The Morgan fingerprint density at radius 1 is 1.44 bits per heavy atom. The molecule has 1 heterocycles. The molecule has 0 unspecified atom stereocenters. The highest BCUT2D eigenvalue weighted by molar-refractivity contribution is 9.09. The molecule has 0 saturated carbocycles. The average molecular weight is 283 g/mol. The molecule has 0 aromatic heterocycles.